The highest BCUT2D eigenvalue weighted by molar-refractivity contribution is 5.89. The monoisotopic (exact) mass is 538 g/mol. The number of fused-ring (bicyclic) bond motifs is 1. The Balaban J connectivity index is 1.05. The molecule has 10 nitrogen and oxygen atoms in total. The van der Waals surface area contributed by atoms with Gasteiger partial charge in [0.1, 0.15) is 17.4 Å². The zero-order valence-electron chi connectivity index (χ0n) is 22.7. The SMILES string of the molecule is COc1ccccc1CNc1ncc2c(N3CCC(C(=O)N4CCN(c5ccccn5)CC4)CC3)nccc2n1. The lowest BCUT2D eigenvalue weighted by atomic mass is 9.94. The van der Waals surface area contributed by atoms with Crippen LogP contribution < -0.4 is 19.9 Å². The van der Waals surface area contributed by atoms with Crippen LogP contribution in [0.15, 0.2) is 67.1 Å². The summed E-state index contributed by atoms with van der Waals surface area (Å²) in [7, 11) is 1.67. The van der Waals surface area contributed by atoms with Gasteiger partial charge in [-0.1, -0.05) is 24.3 Å². The van der Waals surface area contributed by atoms with Gasteiger partial charge < -0.3 is 24.8 Å². The molecule has 1 aromatic carbocycles. The first-order chi connectivity index (χ1) is 19.7. The lowest BCUT2D eigenvalue weighted by molar-refractivity contribution is -0.136. The van der Waals surface area contributed by atoms with Crippen LogP contribution in [-0.2, 0) is 11.3 Å². The Hall–Kier alpha value is -4.47. The van der Waals surface area contributed by atoms with Crippen molar-refractivity contribution < 1.29 is 9.53 Å². The van der Waals surface area contributed by atoms with E-state index in [0.29, 0.717) is 12.5 Å². The van der Waals surface area contributed by atoms with E-state index in [9.17, 15) is 4.79 Å². The third kappa shape index (κ3) is 5.47. The van der Waals surface area contributed by atoms with E-state index < -0.39 is 0 Å². The summed E-state index contributed by atoms with van der Waals surface area (Å²) in [5.41, 5.74) is 1.88. The van der Waals surface area contributed by atoms with E-state index >= 15 is 0 Å². The first-order valence-electron chi connectivity index (χ1n) is 13.9. The fourth-order valence-electron chi connectivity index (χ4n) is 5.60. The van der Waals surface area contributed by atoms with Gasteiger partial charge in [-0.05, 0) is 37.1 Å². The van der Waals surface area contributed by atoms with Crippen molar-refractivity contribution in [1.29, 1.82) is 0 Å². The van der Waals surface area contributed by atoms with Gasteiger partial charge in [0, 0.05) is 75.9 Å². The molecule has 2 saturated heterocycles. The van der Waals surface area contributed by atoms with Crippen LogP contribution in [-0.4, -0.2) is 77.1 Å². The Morgan fingerprint density at radius 2 is 1.70 bits per heavy atom. The van der Waals surface area contributed by atoms with Crippen molar-refractivity contribution >= 4 is 34.4 Å². The molecule has 0 radical (unpaired) electrons. The average molecular weight is 539 g/mol. The Bertz CT molecular complexity index is 1450. The second-order valence-corrected chi connectivity index (χ2v) is 10.2. The van der Waals surface area contributed by atoms with Crippen LogP contribution in [0.4, 0.5) is 17.6 Å². The number of rotatable bonds is 7. The molecule has 6 rings (SSSR count). The number of nitrogens with zero attached hydrogens (tertiary/aromatic N) is 7. The van der Waals surface area contributed by atoms with Crippen molar-refractivity contribution in [2.45, 2.75) is 19.4 Å². The quantitative estimate of drug-likeness (QED) is 0.378. The molecule has 2 fully saturated rings. The number of aromatic nitrogens is 4. The number of carbonyl (C=O) groups excluding carboxylic acids is 1. The van der Waals surface area contributed by atoms with E-state index in [2.05, 4.69) is 30.1 Å². The highest BCUT2D eigenvalue weighted by atomic mass is 16.5. The normalized spacial score (nSPS) is 16.3. The fraction of sp³-hybridized carbons (Fsp3) is 0.367. The van der Waals surface area contributed by atoms with E-state index in [1.165, 1.54) is 0 Å². The van der Waals surface area contributed by atoms with Crippen molar-refractivity contribution in [2.24, 2.45) is 5.92 Å². The Morgan fingerprint density at radius 3 is 2.48 bits per heavy atom. The first kappa shape index (κ1) is 25.8. The molecule has 2 aliphatic rings. The number of methoxy groups -OCH3 is 1. The van der Waals surface area contributed by atoms with Gasteiger partial charge in [0.25, 0.3) is 0 Å². The number of anilines is 3. The number of piperazine rings is 1. The molecule has 4 aromatic rings. The first-order valence-corrected chi connectivity index (χ1v) is 13.9. The molecular formula is C30H34N8O2. The van der Waals surface area contributed by atoms with Gasteiger partial charge in [0.05, 0.1) is 18.0 Å². The van der Waals surface area contributed by atoms with Crippen molar-refractivity contribution in [2.75, 3.05) is 61.5 Å². The van der Waals surface area contributed by atoms with Gasteiger partial charge in [-0.2, -0.15) is 0 Å². The van der Waals surface area contributed by atoms with E-state index in [-0.39, 0.29) is 11.8 Å². The molecule has 0 bridgehead atoms. The molecular weight excluding hydrogens is 504 g/mol. The zero-order valence-corrected chi connectivity index (χ0v) is 22.7. The van der Waals surface area contributed by atoms with Crippen LogP contribution >= 0.6 is 0 Å². The van der Waals surface area contributed by atoms with Gasteiger partial charge in [-0.15, -0.1) is 0 Å². The van der Waals surface area contributed by atoms with Gasteiger partial charge in [-0.25, -0.2) is 19.9 Å². The van der Waals surface area contributed by atoms with Crippen LogP contribution in [0, 0.1) is 5.92 Å². The summed E-state index contributed by atoms with van der Waals surface area (Å²) < 4.78 is 5.44. The zero-order chi connectivity index (χ0) is 27.3. The maximum absolute atomic E-state index is 13.3. The number of hydrogen-bond donors (Lipinski definition) is 1. The molecule has 3 aromatic heterocycles. The van der Waals surface area contributed by atoms with E-state index in [1.807, 2.05) is 65.8 Å². The standard InChI is InChI=1S/C30H34N8O2/c1-40-26-7-3-2-6-23(26)20-33-30-34-21-24-25(35-30)9-13-32-28(24)37-14-10-22(11-15-37)29(39)38-18-16-36(17-19-38)27-8-4-5-12-31-27/h2-9,12-13,21-22H,10-11,14-20H2,1H3,(H,33,34,35). The molecule has 10 heteroatoms. The van der Waals surface area contributed by atoms with Gasteiger partial charge in [0.2, 0.25) is 11.9 Å². The van der Waals surface area contributed by atoms with Gasteiger partial charge in [-0.3, -0.25) is 4.79 Å². The Kier molecular flexibility index (Phi) is 7.56. The number of pyridine rings is 2. The van der Waals surface area contributed by atoms with Crippen LogP contribution in [0.2, 0.25) is 0 Å². The molecule has 206 valence electrons. The minimum absolute atomic E-state index is 0.0506. The topological polar surface area (TPSA) is 99.6 Å². The number of carbonyl (C=O) groups is 1. The van der Waals surface area contributed by atoms with Crippen LogP contribution in [0.5, 0.6) is 5.75 Å². The third-order valence-corrected chi connectivity index (χ3v) is 7.83. The van der Waals surface area contributed by atoms with Crippen LogP contribution in [0.1, 0.15) is 18.4 Å². The molecule has 5 heterocycles. The number of nitrogens with one attached hydrogen (secondary N) is 1. The smallest absolute Gasteiger partial charge is 0.225 e. The van der Waals surface area contributed by atoms with Crippen molar-refractivity contribution in [3.05, 3.63) is 72.7 Å². The molecule has 0 aliphatic carbocycles. The summed E-state index contributed by atoms with van der Waals surface area (Å²) in [5, 5.41) is 4.22. The number of hydrogen-bond acceptors (Lipinski definition) is 9. The largest absolute Gasteiger partial charge is 0.496 e. The van der Waals surface area contributed by atoms with Gasteiger partial charge >= 0.3 is 0 Å². The maximum Gasteiger partial charge on any atom is 0.225 e. The fourth-order valence-corrected chi connectivity index (χ4v) is 5.60. The summed E-state index contributed by atoms with van der Waals surface area (Å²) in [6, 6.07) is 15.8. The molecule has 1 amide bonds. The highest BCUT2D eigenvalue weighted by Crippen LogP contribution is 2.29. The molecule has 40 heavy (non-hydrogen) atoms. The number of para-hydroxylation sites is 1. The second kappa shape index (κ2) is 11.7. The maximum atomic E-state index is 13.3. The number of amides is 1. The molecule has 0 spiro atoms. The van der Waals surface area contributed by atoms with Crippen LogP contribution in [0.3, 0.4) is 0 Å². The predicted molar refractivity (Wildman–Crippen MR) is 156 cm³/mol. The number of piperidine rings is 1. The van der Waals surface area contributed by atoms with Crippen molar-refractivity contribution in [3.8, 4) is 5.75 Å². The van der Waals surface area contributed by atoms with Gasteiger partial charge in [0.15, 0.2) is 0 Å². The Morgan fingerprint density at radius 1 is 0.900 bits per heavy atom. The molecule has 1 N–H and O–H groups in total. The highest BCUT2D eigenvalue weighted by Gasteiger charge is 2.31. The van der Waals surface area contributed by atoms with E-state index in [1.54, 1.807) is 13.3 Å². The summed E-state index contributed by atoms with van der Waals surface area (Å²) in [6.07, 6.45) is 7.09. The summed E-state index contributed by atoms with van der Waals surface area (Å²) >= 11 is 0. The third-order valence-electron chi connectivity index (χ3n) is 7.83. The number of benzene rings is 1. The average Bonchev–Trinajstić information content (AvgIpc) is 3.03. The lowest BCUT2D eigenvalue weighted by Gasteiger charge is -2.39. The molecule has 0 saturated carbocycles. The van der Waals surface area contributed by atoms with E-state index in [4.69, 9.17) is 9.72 Å². The summed E-state index contributed by atoms with van der Waals surface area (Å²) in [4.78, 5) is 38.3. The van der Waals surface area contributed by atoms with Crippen LogP contribution in [0.25, 0.3) is 10.9 Å². The second-order valence-electron chi connectivity index (χ2n) is 10.2. The number of ether oxygens (including phenoxy) is 1. The molecule has 0 unspecified atom stereocenters. The van der Waals surface area contributed by atoms with Crippen molar-refractivity contribution in [1.82, 2.24) is 24.8 Å². The van der Waals surface area contributed by atoms with E-state index in [0.717, 1.165) is 86.0 Å². The summed E-state index contributed by atoms with van der Waals surface area (Å²) in [5.74, 6) is 3.58. The Labute approximate surface area is 234 Å². The minimum atomic E-state index is 0.0506. The predicted octanol–water partition coefficient (Wildman–Crippen LogP) is 3.61. The molecule has 0 atom stereocenters. The lowest BCUT2D eigenvalue weighted by Crippen LogP contribution is -2.52. The van der Waals surface area contributed by atoms with Crippen molar-refractivity contribution in [3.63, 3.8) is 0 Å². The summed E-state index contributed by atoms with van der Waals surface area (Å²) in [6.45, 7) is 5.24. The minimum Gasteiger partial charge on any atom is -0.496 e. The molecule has 2 aliphatic heterocycles.